The van der Waals surface area contributed by atoms with Crippen LogP contribution in [0, 0.1) is 0 Å². The average molecular weight is 704 g/mol. The van der Waals surface area contributed by atoms with Crippen molar-refractivity contribution >= 4 is 49.7 Å². The second kappa shape index (κ2) is 11.3. The Morgan fingerprint density at radius 3 is 2.47 bits per heavy atom. The van der Waals surface area contributed by atoms with Crippen LogP contribution in [-0.2, 0) is 36.9 Å². The van der Waals surface area contributed by atoms with Crippen molar-refractivity contribution in [2.45, 2.75) is 48.6 Å². The highest BCUT2D eigenvalue weighted by molar-refractivity contribution is 7.47. The molecule has 7 heterocycles. The van der Waals surface area contributed by atoms with Gasteiger partial charge in [0.2, 0.25) is 5.95 Å². The number of nitrogens with one attached hydrogen (secondary N) is 1. The third-order valence-corrected chi connectivity index (χ3v) is 9.26. The zero-order valence-corrected chi connectivity index (χ0v) is 25.3. The van der Waals surface area contributed by atoms with Gasteiger partial charge < -0.3 is 50.6 Å². The summed E-state index contributed by atoms with van der Waals surface area (Å²) in [7, 11) is -10.2. The number of phosphoric acid groups is 2. The summed E-state index contributed by atoms with van der Waals surface area (Å²) in [5.41, 5.74) is 9.20. The monoisotopic (exact) mass is 704 g/mol. The maximum Gasteiger partial charge on any atom is 0.472 e. The van der Waals surface area contributed by atoms with Gasteiger partial charge in [-0.2, -0.15) is 4.98 Å². The zero-order chi connectivity index (χ0) is 33.5. The van der Waals surface area contributed by atoms with Crippen LogP contribution < -0.4 is 17.0 Å². The molecule has 0 aliphatic carbocycles. The van der Waals surface area contributed by atoms with E-state index in [0.717, 1.165) is 10.9 Å². The van der Waals surface area contributed by atoms with Crippen molar-refractivity contribution in [3.05, 3.63) is 29.3 Å². The number of aliphatic hydroxyl groups is 2. The Kier molecular flexibility index (Phi) is 7.72. The molecule has 3 unspecified atom stereocenters. The summed E-state index contributed by atoms with van der Waals surface area (Å²) in [5.74, 6) is -0.188. The van der Waals surface area contributed by atoms with Crippen LogP contribution in [0.1, 0.15) is 12.5 Å². The molecule has 10 N–H and O–H groups in total. The first-order valence-electron chi connectivity index (χ1n) is 13.5. The Bertz CT molecular complexity index is 2000. The number of aromatic nitrogens is 8. The Balaban J connectivity index is 1.10. The van der Waals surface area contributed by atoms with Crippen molar-refractivity contribution in [3.63, 3.8) is 0 Å². The fourth-order valence-electron chi connectivity index (χ4n) is 5.69. The molecule has 3 fully saturated rings. The summed E-state index contributed by atoms with van der Waals surface area (Å²) in [4.78, 5) is 63.9. The second-order valence-corrected chi connectivity index (χ2v) is 13.5. The highest BCUT2D eigenvalue weighted by Gasteiger charge is 2.65. The fourth-order valence-corrected chi connectivity index (χ4v) is 7.07. The third-order valence-electron chi connectivity index (χ3n) is 7.82. The van der Waals surface area contributed by atoms with Crippen LogP contribution in [0.4, 0.5) is 11.8 Å². The van der Waals surface area contributed by atoms with Crippen molar-refractivity contribution in [2.24, 2.45) is 0 Å². The van der Waals surface area contributed by atoms with E-state index < -0.39 is 83.0 Å². The number of rotatable bonds is 10. The number of ether oxygens (including phenoxy) is 3. The molecule has 4 aromatic rings. The molecule has 3 aliphatic heterocycles. The van der Waals surface area contributed by atoms with Crippen LogP contribution in [0.5, 0.6) is 0 Å². The Morgan fingerprint density at radius 2 is 1.72 bits per heavy atom. The molecule has 2 bridgehead atoms. The summed E-state index contributed by atoms with van der Waals surface area (Å²) in [6, 6.07) is 0. The molecule has 0 aromatic carbocycles. The minimum atomic E-state index is -5.12. The lowest BCUT2D eigenvalue weighted by molar-refractivity contribution is -0.183. The van der Waals surface area contributed by atoms with Crippen molar-refractivity contribution in [3.8, 4) is 0 Å². The number of hydrogen-bond acceptors (Lipinski definition) is 18. The van der Waals surface area contributed by atoms with Crippen molar-refractivity contribution in [1.82, 2.24) is 39.0 Å². The number of fused-ring (bicyclic) bond motifs is 4. The van der Waals surface area contributed by atoms with E-state index in [1.807, 2.05) is 0 Å². The SMILES string of the molecule is Nc1nc2c(ncn2[C@@H]2O[C@H](COP(=O)(O)OC3[C@@H]4OC[C@@]3(COP(=O)(O)O)O[C@H]4n3cnc4c(N)ncnc43)C(O)[C@@H]2O)c(=O)[nH]1. The van der Waals surface area contributed by atoms with Crippen molar-refractivity contribution in [1.29, 1.82) is 0 Å². The van der Waals surface area contributed by atoms with Gasteiger partial charge >= 0.3 is 15.6 Å². The van der Waals surface area contributed by atoms with E-state index in [1.165, 1.54) is 17.2 Å². The van der Waals surface area contributed by atoms with E-state index in [1.54, 1.807) is 0 Å². The first kappa shape index (κ1) is 32.1. The van der Waals surface area contributed by atoms with Crippen LogP contribution in [0.2, 0.25) is 0 Å². The minimum Gasteiger partial charge on any atom is -0.387 e. The van der Waals surface area contributed by atoms with Crippen LogP contribution in [0.15, 0.2) is 23.8 Å². The summed E-state index contributed by atoms with van der Waals surface area (Å²) in [6.07, 6.45) is -6.35. The smallest absolute Gasteiger partial charge is 0.387 e. The molecule has 0 radical (unpaired) electrons. The zero-order valence-electron chi connectivity index (χ0n) is 23.5. The van der Waals surface area contributed by atoms with Crippen molar-refractivity contribution in [2.75, 3.05) is 31.3 Å². The number of phosphoric ester groups is 2. The van der Waals surface area contributed by atoms with Crippen LogP contribution >= 0.6 is 15.6 Å². The van der Waals surface area contributed by atoms with Gasteiger partial charge in [0.15, 0.2) is 35.1 Å². The normalized spacial score (nSPS) is 32.1. The first-order chi connectivity index (χ1) is 22.2. The molecule has 47 heavy (non-hydrogen) atoms. The Labute approximate surface area is 260 Å². The van der Waals surface area contributed by atoms with Gasteiger partial charge in [0.25, 0.3) is 5.56 Å². The molecular weight excluding hydrogens is 678 g/mol. The second-order valence-electron chi connectivity index (χ2n) is 10.8. The average Bonchev–Trinajstić information content (AvgIpc) is 3.80. The van der Waals surface area contributed by atoms with Gasteiger partial charge in [-0.05, 0) is 0 Å². The largest absolute Gasteiger partial charge is 0.472 e. The van der Waals surface area contributed by atoms with E-state index in [2.05, 4.69) is 34.4 Å². The highest BCUT2D eigenvalue weighted by Crippen LogP contribution is 2.56. The van der Waals surface area contributed by atoms with E-state index in [9.17, 15) is 38.8 Å². The van der Waals surface area contributed by atoms with Crippen LogP contribution in [0.3, 0.4) is 0 Å². The molecule has 0 saturated carbocycles. The maximum absolute atomic E-state index is 13.3. The Morgan fingerprint density at radius 1 is 1.00 bits per heavy atom. The third kappa shape index (κ3) is 5.61. The number of aromatic amines is 1. The number of nitrogen functional groups attached to an aromatic ring is 2. The van der Waals surface area contributed by atoms with Crippen LogP contribution in [-0.4, -0.2) is 120 Å². The number of aliphatic hydroxyl groups excluding tert-OH is 2. The van der Waals surface area contributed by atoms with Gasteiger partial charge in [0.05, 0.1) is 32.5 Å². The van der Waals surface area contributed by atoms with Gasteiger partial charge in [0, 0.05) is 0 Å². The first-order valence-corrected chi connectivity index (χ1v) is 16.5. The van der Waals surface area contributed by atoms with Gasteiger partial charge in [-0.15, -0.1) is 0 Å². The Hall–Kier alpha value is -3.48. The van der Waals surface area contributed by atoms with E-state index in [4.69, 9.17) is 34.7 Å². The van der Waals surface area contributed by atoms with E-state index in [0.29, 0.717) is 0 Å². The molecule has 254 valence electrons. The van der Waals surface area contributed by atoms with E-state index in [-0.39, 0.29) is 40.7 Å². The lowest BCUT2D eigenvalue weighted by Gasteiger charge is -2.31. The molecule has 26 heteroatoms. The molecule has 4 aromatic heterocycles. The molecule has 3 aliphatic rings. The van der Waals surface area contributed by atoms with Gasteiger partial charge in [0.1, 0.15) is 48.0 Å². The number of anilines is 2. The summed E-state index contributed by atoms with van der Waals surface area (Å²) in [6.45, 7) is -2.01. The fraction of sp³-hybridized carbons (Fsp3) is 0.524. The molecule has 7 rings (SSSR count). The lowest BCUT2D eigenvalue weighted by atomic mass is 10.0. The molecule has 0 spiro atoms. The standard InChI is InChI=1S/C21H26N10O14P2/c22-14-8-15(25-4-24-14)30(5-26-8)19-12-13(21(44-19,2-40-12)3-42-46(35,36)37)45-47(38,39)41-1-7-10(32)11(33)18(43-7)31-6-27-9-16(31)28-20(23)29-17(9)34/h4-7,10-13,18-19,32-33H,1-3H2,(H,38,39)(H2,22,24,25)(H2,35,36,37)(H3,23,28,29,34)/t7-,10?,11+,12+,13?,18-,19-,21+/m1/s1. The predicted molar refractivity (Wildman–Crippen MR) is 149 cm³/mol. The molecule has 0 amide bonds. The van der Waals surface area contributed by atoms with Gasteiger partial charge in [-0.3, -0.25) is 32.5 Å². The minimum absolute atomic E-state index is 0.0531. The molecular formula is C21H26N10O14P2. The van der Waals surface area contributed by atoms with Gasteiger partial charge in [-0.1, -0.05) is 0 Å². The highest BCUT2D eigenvalue weighted by atomic mass is 31.2. The topological polar surface area (TPSA) is 350 Å². The van der Waals surface area contributed by atoms with Crippen LogP contribution in [0.25, 0.3) is 22.3 Å². The molecule has 24 nitrogen and oxygen atoms in total. The molecule has 9 atom stereocenters. The number of nitrogens with zero attached hydrogens (tertiary/aromatic N) is 7. The lowest BCUT2D eigenvalue weighted by Crippen LogP contribution is -2.45. The number of H-pyrrole nitrogens is 1. The summed E-state index contributed by atoms with van der Waals surface area (Å²) >= 11 is 0. The van der Waals surface area contributed by atoms with Crippen molar-refractivity contribution < 1.29 is 61.8 Å². The van der Waals surface area contributed by atoms with Gasteiger partial charge in [-0.25, -0.2) is 29.1 Å². The number of nitrogens with two attached hydrogens (primary N) is 2. The quantitative estimate of drug-likeness (QED) is 0.0763. The summed E-state index contributed by atoms with van der Waals surface area (Å²) < 4.78 is 60.2. The number of imidazole rings is 2. The maximum atomic E-state index is 13.3. The summed E-state index contributed by atoms with van der Waals surface area (Å²) in [5, 5.41) is 21.3. The number of hydrogen-bond donors (Lipinski definition) is 8. The predicted octanol–water partition coefficient (Wildman–Crippen LogP) is -2.98. The van der Waals surface area contributed by atoms with E-state index >= 15 is 0 Å². The molecule has 3 saturated heterocycles.